The third-order valence-corrected chi connectivity index (χ3v) is 3.15. The lowest BCUT2D eigenvalue weighted by Gasteiger charge is -2.08. The van der Waals surface area contributed by atoms with E-state index in [1.54, 1.807) is 24.3 Å². The molecule has 5 heteroatoms. The Morgan fingerprint density at radius 2 is 1.62 bits per heavy atom. The van der Waals surface area contributed by atoms with E-state index in [1.807, 2.05) is 6.92 Å². The Balaban J connectivity index is 0.000000211. The highest BCUT2D eigenvalue weighted by Gasteiger charge is 2.31. The van der Waals surface area contributed by atoms with Crippen molar-refractivity contribution in [1.29, 1.82) is 0 Å². The van der Waals surface area contributed by atoms with Crippen LogP contribution in [-0.4, -0.2) is 0 Å². The van der Waals surface area contributed by atoms with Crippen molar-refractivity contribution in [2.24, 2.45) is 0 Å². The monoisotopic (exact) mass is 318 g/mol. The Morgan fingerprint density at radius 3 is 2.05 bits per heavy atom. The molecule has 0 aliphatic rings. The maximum atomic E-state index is 12.9. The summed E-state index contributed by atoms with van der Waals surface area (Å²) in [6.45, 7) is 3.34. The molecule has 0 aliphatic heterocycles. The highest BCUT2D eigenvalue weighted by Crippen LogP contribution is 2.31. The lowest BCUT2D eigenvalue weighted by Crippen LogP contribution is -2.06. The zero-order valence-corrected chi connectivity index (χ0v) is 12.4. The Kier molecular flexibility index (Phi) is 6.21. The van der Waals surface area contributed by atoms with Crippen LogP contribution in [0.1, 0.15) is 23.6 Å². The predicted octanol–water partition coefficient (Wildman–Crippen LogP) is 6.06. The van der Waals surface area contributed by atoms with Crippen LogP contribution in [0, 0.1) is 12.7 Å². The van der Waals surface area contributed by atoms with Gasteiger partial charge in [-0.3, -0.25) is 0 Å². The van der Waals surface area contributed by atoms with E-state index in [9.17, 15) is 17.6 Å². The van der Waals surface area contributed by atoms with Crippen LogP contribution in [0.15, 0.2) is 42.5 Å². The molecular weight excluding hydrogens is 304 g/mol. The molecule has 0 nitrogen and oxygen atoms in total. The fourth-order valence-electron chi connectivity index (χ4n) is 1.71. The molecule has 0 bridgehead atoms. The molecule has 0 saturated heterocycles. The minimum absolute atomic E-state index is 0.208. The molecule has 0 fully saturated rings. The summed E-state index contributed by atoms with van der Waals surface area (Å²) < 4.78 is 49.0. The predicted molar refractivity (Wildman–Crippen MR) is 77.0 cm³/mol. The topological polar surface area (TPSA) is 0 Å². The average molecular weight is 319 g/mol. The molecule has 0 spiro atoms. The average Bonchev–Trinajstić information content (AvgIpc) is 2.42. The van der Waals surface area contributed by atoms with Gasteiger partial charge in [0, 0.05) is 0 Å². The summed E-state index contributed by atoms with van der Waals surface area (Å²) >= 11 is 5.52. The minimum atomic E-state index is -4.22. The van der Waals surface area contributed by atoms with Crippen molar-refractivity contribution in [2.75, 3.05) is 0 Å². The van der Waals surface area contributed by atoms with Crippen molar-refractivity contribution in [3.8, 4) is 0 Å². The summed E-state index contributed by atoms with van der Waals surface area (Å²) in [5.74, 6) is -0.285. The second-order valence-corrected chi connectivity index (χ2v) is 4.79. The summed E-state index contributed by atoms with van der Waals surface area (Å²) in [5.41, 5.74) is 0.382. The van der Waals surface area contributed by atoms with E-state index in [1.165, 1.54) is 19.1 Å². The van der Waals surface area contributed by atoms with Gasteiger partial charge in [0.05, 0.1) is 10.6 Å². The third kappa shape index (κ3) is 5.05. The van der Waals surface area contributed by atoms with E-state index >= 15 is 0 Å². The first-order valence-corrected chi connectivity index (χ1v) is 6.70. The third-order valence-electron chi connectivity index (χ3n) is 2.86. The van der Waals surface area contributed by atoms with Gasteiger partial charge in [0.15, 0.2) is 0 Å². The summed E-state index contributed by atoms with van der Waals surface area (Å²) in [6, 6.07) is 10.5. The van der Waals surface area contributed by atoms with Crippen LogP contribution in [0.5, 0.6) is 0 Å². The summed E-state index contributed by atoms with van der Waals surface area (Å²) in [7, 11) is 0. The first kappa shape index (κ1) is 17.5. The van der Waals surface area contributed by atoms with Crippen molar-refractivity contribution in [3.05, 3.63) is 70.0 Å². The fourth-order valence-corrected chi connectivity index (χ4v) is 1.91. The van der Waals surface area contributed by atoms with Gasteiger partial charge in [-0.2, -0.15) is 13.2 Å². The Labute approximate surface area is 126 Å². The van der Waals surface area contributed by atoms with Gasteiger partial charge in [0.2, 0.25) is 0 Å². The van der Waals surface area contributed by atoms with Crippen molar-refractivity contribution in [1.82, 2.24) is 0 Å². The SMILES string of the molecule is CCc1cccc(Cl)c1F.Cc1ccccc1C(F)(F)F. The molecule has 0 heterocycles. The van der Waals surface area contributed by atoms with Crippen LogP contribution in [0.2, 0.25) is 5.02 Å². The molecule has 2 rings (SSSR count). The van der Waals surface area contributed by atoms with Crippen molar-refractivity contribution < 1.29 is 17.6 Å². The molecule has 0 unspecified atom stereocenters. The zero-order valence-electron chi connectivity index (χ0n) is 11.6. The van der Waals surface area contributed by atoms with E-state index in [-0.39, 0.29) is 16.4 Å². The molecule has 0 aromatic heterocycles. The number of hydrogen-bond donors (Lipinski definition) is 0. The van der Waals surface area contributed by atoms with Gasteiger partial charge in [-0.15, -0.1) is 0 Å². The van der Waals surface area contributed by atoms with E-state index in [0.29, 0.717) is 12.0 Å². The van der Waals surface area contributed by atoms with E-state index in [2.05, 4.69) is 0 Å². The van der Waals surface area contributed by atoms with Crippen molar-refractivity contribution in [2.45, 2.75) is 26.4 Å². The quantitative estimate of drug-likeness (QED) is 0.561. The van der Waals surface area contributed by atoms with Gasteiger partial charge in [-0.25, -0.2) is 4.39 Å². The van der Waals surface area contributed by atoms with Crippen LogP contribution in [-0.2, 0) is 12.6 Å². The molecule has 0 saturated carbocycles. The molecule has 2 aromatic rings. The molecule has 0 aliphatic carbocycles. The smallest absolute Gasteiger partial charge is 0.205 e. The zero-order chi connectivity index (χ0) is 16.0. The number of halogens is 5. The highest BCUT2D eigenvalue weighted by atomic mass is 35.5. The minimum Gasteiger partial charge on any atom is -0.205 e. The number of rotatable bonds is 1. The van der Waals surface area contributed by atoms with Gasteiger partial charge in [0.25, 0.3) is 0 Å². The van der Waals surface area contributed by atoms with Gasteiger partial charge >= 0.3 is 6.18 Å². The van der Waals surface area contributed by atoms with Crippen LogP contribution in [0.3, 0.4) is 0 Å². The first-order chi connectivity index (χ1) is 9.77. The highest BCUT2D eigenvalue weighted by molar-refractivity contribution is 6.30. The summed E-state index contributed by atoms with van der Waals surface area (Å²) in [6.07, 6.45) is -3.53. The van der Waals surface area contributed by atoms with Crippen LogP contribution in [0.25, 0.3) is 0 Å². The Bertz CT molecular complexity index is 591. The maximum Gasteiger partial charge on any atom is 0.416 e. The Morgan fingerprint density at radius 1 is 1.00 bits per heavy atom. The molecule has 0 amide bonds. The number of alkyl halides is 3. The molecule has 114 valence electrons. The molecule has 0 N–H and O–H groups in total. The molecular formula is C16H15ClF4. The van der Waals surface area contributed by atoms with E-state index < -0.39 is 11.7 Å². The van der Waals surface area contributed by atoms with E-state index in [4.69, 9.17) is 11.6 Å². The first-order valence-electron chi connectivity index (χ1n) is 6.33. The fraction of sp³-hybridized carbons (Fsp3) is 0.250. The van der Waals surface area contributed by atoms with Crippen molar-refractivity contribution in [3.63, 3.8) is 0 Å². The second-order valence-electron chi connectivity index (χ2n) is 4.38. The van der Waals surface area contributed by atoms with Crippen LogP contribution in [0.4, 0.5) is 17.6 Å². The van der Waals surface area contributed by atoms with Gasteiger partial charge in [0.1, 0.15) is 5.82 Å². The van der Waals surface area contributed by atoms with Gasteiger partial charge < -0.3 is 0 Å². The lowest BCUT2D eigenvalue weighted by molar-refractivity contribution is -0.138. The van der Waals surface area contributed by atoms with Crippen molar-refractivity contribution >= 4 is 11.6 Å². The number of benzene rings is 2. The largest absolute Gasteiger partial charge is 0.416 e. The van der Waals surface area contributed by atoms with Crippen LogP contribution < -0.4 is 0 Å². The van der Waals surface area contributed by atoms with Gasteiger partial charge in [-0.1, -0.05) is 48.9 Å². The molecule has 0 atom stereocenters. The standard InChI is InChI=1S/C8H8ClF.C8H7F3/c1-2-6-4-3-5-7(9)8(6)10;1-6-4-2-3-5-7(6)8(9,10)11/h3-5H,2H2,1H3;2-5H,1H3. The van der Waals surface area contributed by atoms with Crippen LogP contribution >= 0.6 is 11.6 Å². The lowest BCUT2D eigenvalue weighted by atomic mass is 10.1. The Hall–Kier alpha value is -1.55. The summed E-state index contributed by atoms with van der Waals surface area (Å²) in [4.78, 5) is 0. The molecule has 2 aromatic carbocycles. The second kappa shape index (κ2) is 7.46. The van der Waals surface area contributed by atoms with Gasteiger partial charge in [-0.05, 0) is 36.6 Å². The molecule has 0 radical (unpaired) electrons. The summed E-state index contributed by atoms with van der Waals surface area (Å²) in [5, 5.41) is 0.208. The number of aryl methyl sites for hydroxylation is 2. The molecule has 21 heavy (non-hydrogen) atoms. The number of hydrogen-bond acceptors (Lipinski definition) is 0. The normalized spacial score (nSPS) is 10.8. The van der Waals surface area contributed by atoms with E-state index in [0.717, 1.165) is 6.07 Å². The maximum absolute atomic E-state index is 12.9.